The van der Waals surface area contributed by atoms with E-state index in [1.165, 1.54) is 12.5 Å². The third-order valence-electron chi connectivity index (χ3n) is 5.43. The number of Topliss-reactive ketones (excluding diaryl/α,β-unsaturated/α-hetero) is 1. The van der Waals surface area contributed by atoms with Crippen molar-refractivity contribution in [1.29, 1.82) is 0 Å². The lowest BCUT2D eigenvalue weighted by atomic mass is 9.64. The summed E-state index contributed by atoms with van der Waals surface area (Å²) < 4.78 is 5.75. The first-order valence-corrected chi connectivity index (χ1v) is 8.69. The maximum atomic E-state index is 12.2. The van der Waals surface area contributed by atoms with Crippen LogP contribution in [0.1, 0.15) is 52.5 Å². The number of hydrogen-bond acceptors (Lipinski definition) is 3. The van der Waals surface area contributed by atoms with E-state index in [0.717, 1.165) is 19.3 Å². The average molecular weight is 328 g/mol. The fourth-order valence-electron chi connectivity index (χ4n) is 3.72. The van der Waals surface area contributed by atoms with Gasteiger partial charge >= 0.3 is 5.97 Å². The standard InChI is InChI=1S/C21H28O3/c1-14-11-12-18(21(4,5)17-9-7-6-8-10-17)19(13-14)24-20(23)15(2)16(3)22/h6-10,14,18-19H,2,11-13H2,1,3-5H3/t14-,18-,19-/m1/s1. The van der Waals surface area contributed by atoms with Crippen molar-refractivity contribution in [2.45, 2.75) is 58.5 Å². The molecule has 24 heavy (non-hydrogen) atoms. The van der Waals surface area contributed by atoms with Crippen LogP contribution < -0.4 is 0 Å². The van der Waals surface area contributed by atoms with Crippen molar-refractivity contribution in [2.75, 3.05) is 0 Å². The van der Waals surface area contributed by atoms with Gasteiger partial charge in [-0.3, -0.25) is 4.79 Å². The van der Waals surface area contributed by atoms with Crippen LogP contribution in [0, 0.1) is 11.8 Å². The van der Waals surface area contributed by atoms with Crippen molar-refractivity contribution in [3.8, 4) is 0 Å². The maximum Gasteiger partial charge on any atom is 0.341 e. The Balaban J connectivity index is 2.24. The Morgan fingerprint density at radius 1 is 1.17 bits per heavy atom. The van der Waals surface area contributed by atoms with Gasteiger partial charge in [0, 0.05) is 5.92 Å². The summed E-state index contributed by atoms with van der Waals surface area (Å²) in [5, 5.41) is 0. The zero-order valence-corrected chi connectivity index (χ0v) is 15.2. The minimum Gasteiger partial charge on any atom is -0.458 e. The van der Waals surface area contributed by atoms with E-state index in [2.05, 4.69) is 39.5 Å². The second kappa shape index (κ2) is 7.33. The van der Waals surface area contributed by atoms with E-state index in [0.29, 0.717) is 5.92 Å². The molecule has 0 saturated heterocycles. The molecule has 0 aromatic heterocycles. The van der Waals surface area contributed by atoms with E-state index in [1.807, 2.05) is 18.2 Å². The van der Waals surface area contributed by atoms with Crippen LogP contribution in [0.5, 0.6) is 0 Å². The highest BCUT2D eigenvalue weighted by atomic mass is 16.5. The second-order valence-corrected chi connectivity index (χ2v) is 7.59. The average Bonchev–Trinajstić information content (AvgIpc) is 2.54. The predicted octanol–water partition coefficient (Wildman–Crippen LogP) is 4.46. The van der Waals surface area contributed by atoms with Crippen molar-refractivity contribution in [1.82, 2.24) is 0 Å². The normalized spacial score (nSPS) is 24.2. The van der Waals surface area contributed by atoms with Crippen LogP contribution >= 0.6 is 0 Å². The molecule has 1 aromatic rings. The highest BCUT2D eigenvalue weighted by Gasteiger charge is 2.42. The number of carbonyl (C=O) groups is 2. The monoisotopic (exact) mass is 328 g/mol. The van der Waals surface area contributed by atoms with Gasteiger partial charge in [-0.2, -0.15) is 0 Å². The molecule has 1 aliphatic carbocycles. The molecule has 0 radical (unpaired) electrons. The Kier molecular flexibility index (Phi) is 5.63. The van der Waals surface area contributed by atoms with E-state index in [-0.39, 0.29) is 28.8 Å². The van der Waals surface area contributed by atoms with Gasteiger partial charge < -0.3 is 4.74 Å². The Morgan fingerprint density at radius 2 is 1.79 bits per heavy atom. The first kappa shape index (κ1) is 18.4. The summed E-state index contributed by atoms with van der Waals surface area (Å²) in [7, 11) is 0. The Labute approximate surface area is 145 Å². The number of carbonyl (C=O) groups excluding carboxylic acids is 2. The summed E-state index contributed by atoms with van der Waals surface area (Å²) in [4.78, 5) is 23.6. The molecule has 1 aliphatic rings. The molecule has 0 heterocycles. The van der Waals surface area contributed by atoms with Crippen LogP contribution in [0.2, 0.25) is 0 Å². The lowest BCUT2D eigenvalue weighted by Gasteiger charge is -2.44. The number of ketones is 1. The van der Waals surface area contributed by atoms with Gasteiger partial charge in [0.15, 0.2) is 5.78 Å². The number of rotatable bonds is 5. The molecule has 1 saturated carbocycles. The summed E-state index contributed by atoms with van der Waals surface area (Å²) in [6.07, 6.45) is 2.78. The Morgan fingerprint density at radius 3 is 2.38 bits per heavy atom. The molecule has 1 aromatic carbocycles. The molecule has 3 atom stereocenters. The van der Waals surface area contributed by atoms with E-state index in [1.54, 1.807) is 0 Å². The maximum absolute atomic E-state index is 12.2. The van der Waals surface area contributed by atoms with Crippen molar-refractivity contribution < 1.29 is 14.3 Å². The topological polar surface area (TPSA) is 43.4 Å². The minimum absolute atomic E-state index is 0.0653. The first-order chi connectivity index (χ1) is 11.2. The van der Waals surface area contributed by atoms with Crippen LogP contribution in [0.4, 0.5) is 0 Å². The Hall–Kier alpha value is -1.90. The molecular formula is C21H28O3. The first-order valence-electron chi connectivity index (χ1n) is 8.69. The predicted molar refractivity (Wildman–Crippen MR) is 95.7 cm³/mol. The SMILES string of the molecule is C=C(C(C)=O)C(=O)O[C@@H]1C[C@H](C)CC[C@H]1C(C)(C)c1ccccc1. The molecule has 0 amide bonds. The van der Waals surface area contributed by atoms with Gasteiger partial charge in [0.25, 0.3) is 0 Å². The molecule has 1 fully saturated rings. The summed E-state index contributed by atoms with van der Waals surface area (Å²) >= 11 is 0. The second-order valence-electron chi connectivity index (χ2n) is 7.59. The molecule has 0 aliphatic heterocycles. The van der Waals surface area contributed by atoms with Gasteiger partial charge in [0.05, 0.1) is 5.57 Å². The lowest BCUT2D eigenvalue weighted by Crippen LogP contribution is -2.43. The molecule has 0 unspecified atom stereocenters. The Bertz CT molecular complexity index is 615. The van der Waals surface area contributed by atoms with Crippen LogP contribution in [-0.2, 0) is 19.7 Å². The lowest BCUT2D eigenvalue weighted by molar-refractivity contribution is -0.152. The molecule has 3 heteroatoms. The molecule has 2 rings (SSSR count). The molecular weight excluding hydrogens is 300 g/mol. The van der Waals surface area contributed by atoms with Crippen molar-refractivity contribution in [3.63, 3.8) is 0 Å². The van der Waals surface area contributed by atoms with Crippen LogP contribution in [0.15, 0.2) is 42.5 Å². The molecule has 0 bridgehead atoms. The van der Waals surface area contributed by atoms with Gasteiger partial charge in [0.1, 0.15) is 6.10 Å². The van der Waals surface area contributed by atoms with Crippen molar-refractivity contribution in [3.05, 3.63) is 48.0 Å². The third kappa shape index (κ3) is 3.95. The highest BCUT2D eigenvalue weighted by Crippen LogP contribution is 2.43. The summed E-state index contributed by atoms with van der Waals surface area (Å²) in [5.74, 6) is -0.172. The largest absolute Gasteiger partial charge is 0.458 e. The van der Waals surface area contributed by atoms with Crippen LogP contribution in [0.3, 0.4) is 0 Å². The van der Waals surface area contributed by atoms with Gasteiger partial charge in [-0.15, -0.1) is 0 Å². The smallest absolute Gasteiger partial charge is 0.341 e. The fourth-order valence-corrected chi connectivity index (χ4v) is 3.72. The molecule has 3 nitrogen and oxygen atoms in total. The number of benzene rings is 1. The summed E-state index contributed by atoms with van der Waals surface area (Å²) in [5.41, 5.74) is 1.07. The number of hydrogen-bond donors (Lipinski definition) is 0. The number of esters is 1. The molecule has 130 valence electrons. The third-order valence-corrected chi connectivity index (χ3v) is 5.43. The van der Waals surface area contributed by atoms with Crippen LogP contribution in [-0.4, -0.2) is 17.9 Å². The van der Waals surface area contributed by atoms with Crippen molar-refractivity contribution >= 4 is 11.8 Å². The zero-order chi connectivity index (χ0) is 17.9. The van der Waals surface area contributed by atoms with Crippen molar-refractivity contribution in [2.24, 2.45) is 11.8 Å². The van der Waals surface area contributed by atoms with Gasteiger partial charge in [-0.05, 0) is 36.7 Å². The quantitative estimate of drug-likeness (QED) is 0.347. The fraction of sp³-hybridized carbons (Fsp3) is 0.524. The summed E-state index contributed by atoms with van der Waals surface area (Å²) in [6, 6.07) is 10.4. The van der Waals surface area contributed by atoms with Gasteiger partial charge in [0.2, 0.25) is 0 Å². The van der Waals surface area contributed by atoms with E-state index in [9.17, 15) is 9.59 Å². The van der Waals surface area contributed by atoms with E-state index >= 15 is 0 Å². The molecule has 0 N–H and O–H groups in total. The molecule has 0 spiro atoms. The van der Waals surface area contributed by atoms with E-state index in [4.69, 9.17) is 4.74 Å². The van der Waals surface area contributed by atoms with Gasteiger partial charge in [-0.25, -0.2) is 4.79 Å². The highest BCUT2D eigenvalue weighted by molar-refractivity contribution is 6.15. The van der Waals surface area contributed by atoms with Gasteiger partial charge in [-0.1, -0.05) is 64.1 Å². The zero-order valence-electron chi connectivity index (χ0n) is 15.2. The minimum atomic E-state index is -0.574. The van der Waals surface area contributed by atoms with Crippen LogP contribution in [0.25, 0.3) is 0 Å². The summed E-state index contributed by atoms with van der Waals surface area (Å²) in [6.45, 7) is 11.5. The van der Waals surface area contributed by atoms with E-state index < -0.39 is 5.97 Å². The number of ether oxygens (including phenoxy) is 1.